The molecule has 1 aromatic heterocycles. The summed E-state index contributed by atoms with van der Waals surface area (Å²) in [5, 5.41) is 3.05. The maximum absolute atomic E-state index is 6.03. The van der Waals surface area contributed by atoms with Crippen LogP contribution in [0.2, 0.25) is 0 Å². The van der Waals surface area contributed by atoms with Gasteiger partial charge in [-0.3, -0.25) is 0 Å². The molecule has 3 nitrogen and oxygen atoms in total. The van der Waals surface area contributed by atoms with Crippen molar-refractivity contribution >= 4 is 11.3 Å². The number of rotatable bonds is 5. The van der Waals surface area contributed by atoms with Gasteiger partial charge >= 0.3 is 0 Å². The van der Waals surface area contributed by atoms with E-state index in [0.29, 0.717) is 6.61 Å². The summed E-state index contributed by atoms with van der Waals surface area (Å²) in [7, 11) is 0. The van der Waals surface area contributed by atoms with Crippen LogP contribution in [0.3, 0.4) is 0 Å². The minimum absolute atomic E-state index is 0.275. The molecule has 0 aliphatic carbocycles. The van der Waals surface area contributed by atoms with Crippen LogP contribution < -0.4 is 5.73 Å². The van der Waals surface area contributed by atoms with Crippen molar-refractivity contribution in [3.63, 3.8) is 0 Å². The van der Waals surface area contributed by atoms with Gasteiger partial charge in [0.1, 0.15) is 10.6 Å². The second-order valence-electron chi connectivity index (χ2n) is 4.78. The lowest BCUT2D eigenvalue weighted by atomic mass is 10.0. The molecule has 0 aliphatic rings. The van der Waals surface area contributed by atoms with E-state index in [1.54, 1.807) is 11.3 Å². The van der Waals surface area contributed by atoms with Crippen molar-refractivity contribution in [3.8, 4) is 0 Å². The number of hydrogen-bond donors (Lipinski definition) is 1. The monoisotopic (exact) mass is 242 g/mol. The summed E-state index contributed by atoms with van der Waals surface area (Å²) in [6.45, 7) is 10.8. The summed E-state index contributed by atoms with van der Waals surface area (Å²) >= 11 is 1.63. The average Bonchev–Trinajstić information content (AvgIpc) is 2.66. The van der Waals surface area contributed by atoms with Crippen LogP contribution in [0.25, 0.3) is 0 Å². The summed E-state index contributed by atoms with van der Waals surface area (Å²) in [6, 6.07) is 0. The van der Waals surface area contributed by atoms with Crippen LogP contribution in [-0.2, 0) is 15.9 Å². The summed E-state index contributed by atoms with van der Waals surface area (Å²) in [6.07, 6.45) is 0.915. The lowest BCUT2D eigenvalue weighted by Crippen LogP contribution is -2.30. The van der Waals surface area contributed by atoms with Crippen LogP contribution in [-0.4, -0.2) is 11.6 Å². The molecule has 1 heterocycles. The lowest BCUT2D eigenvalue weighted by molar-refractivity contribution is -0.0326. The third-order valence-electron chi connectivity index (χ3n) is 2.75. The smallest absolute Gasteiger partial charge is 0.125 e. The van der Waals surface area contributed by atoms with Crippen LogP contribution in [0.1, 0.15) is 51.7 Å². The molecule has 0 fully saturated rings. The molecular formula is C12H22N2OS. The second kappa shape index (κ2) is 4.82. The molecule has 92 valence electrons. The van der Waals surface area contributed by atoms with Crippen molar-refractivity contribution in [2.75, 3.05) is 6.61 Å². The Balaban J connectivity index is 3.00. The zero-order chi connectivity index (χ0) is 12.4. The molecule has 1 unspecified atom stereocenters. The van der Waals surface area contributed by atoms with Crippen molar-refractivity contribution in [1.82, 2.24) is 4.98 Å². The van der Waals surface area contributed by atoms with Gasteiger partial charge in [0.25, 0.3) is 0 Å². The van der Waals surface area contributed by atoms with E-state index in [0.717, 1.165) is 17.1 Å². The van der Waals surface area contributed by atoms with Crippen molar-refractivity contribution in [1.29, 1.82) is 0 Å². The van der Waals surface area contributed by atoms with Crippen LogP contribution >= 0.6 is 11.3 Å². The van der Waals surface area contributed by atoms with Gasteiger partial charge in [-0.05, 0) is 34.1 Å². The van der Waals surface area contributed by atoms with Crippen LogP contribution in [0.4, 0.5) is 0 Å². The summed E-state index contributed by atoms with van der Waals surface area (Å²) < 4.78 is 5.80. The molecular weight excluding hydrogens is 220 g/mol. The van der Waals surface area contributed by atoms with Gasteiger partial charge in [-0.15, -0.1) is 11.3 Å². The van der Waals surface area contributed by atoms with Gasteiger partial charge in [-0.1, -0.05) is 6.92 Å². The van der Waals surface area contributed by atoms with Crippen molar-refractivity contribution < 1.29 is 4.74 Å². The van der Waals surface area contributed by atoms with Gasteiger partial charge in [0.15, 0.2) is 0 Å². The zero-order valence-electron chi connectivity index (χ0n) is 10.8. The van der Waals surface area contributed by atoms with Crippen molar-refractivity contribution in [2.45, 2.75) is 52.2 Å². The molecule has 0 saturated heterocycles. The highest BCUT2D eigenvalue weighted by Crippen LogP contribution is 2.33. The van der Waals surface area contributed by atoms with Gasteiger partial charge in [0.2, 0.25) is 0 Å². The Kier molecular flexibility index (Phi) is 4.10. The Morgan fingerprint density at radius 1 is 1.38 bits per heavy atom. The van der Waals surface area contributed by atoms with Gasteiger partial charge in [0, 0.05) is 12.0 Å². The normalized spacial score (nSPS) is 16.1. The molecule has 0 bridgehead atoms. The highest BCUT2D eigenvalue weighted by atomic mass is 32.1. The largest absolute Gasteiger partial charge is 0.368 e. The van der Waals surface area contributed by atoms with E-state index < -0.39 is 0 Å². The van der Waals surface area contributed by atoms with E-state index in [1.807, 2.05) is 26.2 Å². The quantitative estimate of drug-likeness (QED) is 0.863. The van der Waals surface area contributed by atoms with Gasteiger partial charge in [0.05, 0.1) is 11.2 Å². The first-order valence-electron chi connectivity index (χ1n) is 5.72. The van der Waals surface area contributed by atoms with E-state index in [1.165, 1.54) is 0 Å². The van der Waals surface area contributed by atoms with E-state index in [2.05, 4.69) is 18.8 Å². The van der Waals surface area contributed by atoms with Gasteiger partial charge in [-0.2, -0.15) is 0 Å². The fourth-order valence-electron chi connectivity index (χ4n) is 1.45. The summed E-state index contributed by atoms with van der Waals surface area (Å²) in [4.78, 5) is 4.61. The maximum Gasteiger partial charge on any atom is 0.125 e. The molecule has 0 aromatic carbocycles. The molecule has 1 rings (SSSR count). The third-order valence-corrected chi connectivity index (χ3v) is 3.84. The molecule has 0 aliphatic heterocycles. The molecule has 2 N–H and O–H groups in total. The Morgan fingerprint density at radius 3 is 2.38 bits per heavy atom. The second-order valence-corrected chi connectivity index (χ2v) is 5.64. The minimum atomic E-state index is -0.379. The minimum Gasteiger partial charge on any atom is -0.368 e. The fourth-order valence-corrected chi connectivity index (χ4v) is 2.63. The lowest BCUT2D eigenvalue weighted by Gasteiger charge is -2.26. The first-order valence-corrected chi connectivity index (χ1v) is 6.60. The zero-order valence-corrected chi connectivity index (χ0v) is 11.6. The Bertz CT molecular complexity index is 343. The van der Waals surface area contributed by atoms with Crippen LogP contribution in [0.15, 0.2) is 5.38 Å². The highest BCUT2D eigenvalue weighted by molar-refractivity contribution is 7.09. The third kappa shape index (κ3) is 2.81. The van der Waals surface area contributed by atoms with Crippen molar-refractivity contribution in [3.05, 3.63) is 16.1 Å². The number of aromatic nitrogens is 1. The summed E-state index contributed by atoms with van der Waals surface area (Å²) in [5.41, 5.74) is 6.31. The first kappa shape index (κ1) is 13.6. The highest BCUT2D eigenvalue weighted by Gasteiger charge is 2.30. The predicted octanol–water partition coefficient (Wildman–Crippen LogP) is 3.00. The fraction of sp³-hybridized carbons (Fsp3) is 0.750. The Morgan fingerprint density at radius 2 is 2.00 bits per heavy atom. The van der Waals surface area contributed by atoms with Gasteiger partial charge < -0.3 is 10.5 Å². The number of nitrogens with two attached hydrogens (primary N) is 1. The standard InChI is InChI=1S/C12H22N2OS/c1-6-12(5,15-7-2)10-14-9(8-16-10)11(3,4)13/h8H,6-7,13H2,1-5H3. The molecule has 0 radical (unpaired) electrons. The topological polar surface area (TPSA) is 48.1 Å². The van der Waals surface area contributed by atoms with Crippen LogP contribution in [0, 0.1) is 0 Å². The molecule has 16 heavy (non-hydrogen) atoms. The molecule has 1 aromatic rings. The van der Waals surface area contributed by atoms with Crippen molar-refractivity contribution in [2.24, 2.45) is 5.73 Å². The number of thiazole rings is 1. The maximum atomic E-state index is 6.03. The van der Waals surface area contributed by atoms with E-state index in [4.69, 9.17) is 10.5 Å². The van der Waals surface area contributed by atoms with Crippen LogP contribution in [0.5, 0.6) is 0 Å². The van der Waals surface area contributed by atoms with E-state index >= 15 is 0 Å². The molecule has 0 amide bonds. The molecule has 4 heteroatoms. The first-order chi connectivity index (χ1) is 7.33. The Labute approximate surface area is 102 Å². The molecule has 0 spiro atoms. The average molecular weight is 242 g/mol. The number of ether oxygens (including phenoxy) is 1. The SMILES string of the molecule is CCOC(C)(CC)c1nc(C(C)(C)N)cs1. The number of nitrogens with zero attached hydrogens (tertiary/aromatic N) is 1. The van der Waals surface area contributed by atoms with E-state index in [9.17, 15) is 0 Å². The van der Waals surface area contributed by atoms with Gasteiger partial charge in [-0.25, -0.2) is 4.98 Å². The number of hydrogen-bond acceptors (Lipinski definition) is 4. The molecule has 1 atom stereocenters. The van der Waals surface area contributed by atoms with E-state index in [-0.39, 0.29) is 11.1 Å². The molecule has 0 saturated carbocycles. The predicted molar refractivity (Wildman–Crippen MR) is 68.6 cm³/mol. The summed E-state index contributed by atoms with van der Waals surface area (Å²) in [5.74, 6) is 0. The Hall–Kier alpha value is -0.450.